The van der Waals surface area contributed by atoms with Crippen molar-refractivity contribution in [1.29, 1.82) is 5.26 Å². The van der Waals surface area contributed by atoms with E-state index >= 15 is 0 Å². The minimum Gasteiger partial charge on any atom is -0.384 e. The van der Waals surface area contributed by atoms with Crippen LogP contribution in [0.3, 0.4) is 0 Å². The molecule has 0 amide bonds. The molecule has 0 N–H and O–H groups in total. The molecular weight excluding hydrogens is 467 g/mol. The van der Waals surface area contributed by atoms with Crippen LogP contribution in [-0.4, -0.2) is 52.6 Å². The number of halogens is 3. The van der Waals surface area contributed by atoms with Crippen LogP contribution in [0.25, 0.3) is 0 Å². The van der Waals surface area contributed by atoms with E-state index < -0.39 is 32.7 Å². The number of alkyl halides is 3. The molecule has 0 saturated carbocycles. The fraction of sp³-hybridized carbons (Fsp3) is 0.458. The molecule has 182 valence electrons. The van der Waals surface area contributed by atoms with Gasteiger partial charge in [-0.15, -0.1) is 0 Å². The molecule has 34 heavy (non-hydrogen) atoms. The number of hydrogen-bond acceptors (Lipinski definition) is 5. The fourth-order valence-corrected chi connectivity index (χ4v) is 6.80. The molecule has 0 aliphatic carbocycles. The second kappa shape index (κ2) is 9.21. The zero-order chi connectivity index (χ0) is 24.6. The second-order valence-electron chi connectivity index (χ2n) is 9.06. The van der Waals surface area contributed by atoms with Gasteiger partial charge in [0.05, 0.1) is 29.6 Å². The molecule has 10 heteroatoms. The van der Waals surface area contributed by atoms with Crippen molar-refractivity contribution in [3.63, 3.8) is 0 Å². The Balaban J connectivity index is 1.58. The summed E-state index contributed by atoms with van der Waals surface area (Å²) in [5.41, 5.74) is -0.685. The molecule has 2 fully saturated rings. The maximum Gasteiger partial charge on any atom is 0.417 e. The first kappa shape index (κ1) is 24.5. The van der Waals surface area contributed by atoms with E-state index in [2.05, 4.69) is 0 Å². The largest absolute Gasteiger partial charge is 0.417 e. The van der Waals surface area contributed by atoms with Crippen LogP contribution < -0.4 is 4.90 Å². The Bertz CT molecular complexity index is 1180. The van der Waals surface area contributed by atoms with Gasteiger partial charge in [-0.3, -0.25) is 0 Å². The number of rotatable bonds is 6. The van der Waals surface area contributed by atoms with E-state index in [4.69, 9.17) is 10.00 Å². The Morgan fingerprint density at radius 2 is 1.91 bits per heavy atom. The van der Waals surface area contributed by atoms with E-state index in [9.17, 15) is 21.6 Å². The third kappa shape index (κ3) is 4.78. The van der Waals surface area contributed by atoms with Gasteiger partial charge in [-0.25, -0.2) is 12.7 Å². The molecule has 2 atom stereocenters. The highest BCUT2D eigenvalue weighted by Crippen LogP contribution is 2.45. The van der Waals surface area contributed by atoms with E-state index in [0.717, 1.165) is 6.07 Å². The number of fused-ring (bicyclic) bond motifs is 1. The topological polar surface area (TPSA) is 73.6 Å². The van der Waals surface area contributed by atoms with E-state index in [0.29, 0.717) is 43.9 Å². The van der Waals surface area contributed by atoms with E-state index in [1.807, 2.05) is 11.0 Å². The molecule has 0 aromatic heterocycles. The number of benzene rings is 2. The van der Waals surface area contributed by atoms with Crippen LogP contribution in [0.5, 0.6) is 0 Å². The number of ether oxygens (including phenoxy) is 1. The lowest BCUT2D eigenvalue weighted by molar-refractivity contribution is -0.137. The standard InChI is InChI=1S/C24H26F3N3O3S/c1-33-17-23-9-10-29(21-8-7-19(12-28)22(11-21)24(25,26)27)13-20(23)14-30(16-23)34(31,32)15-18-5-3-2-4-6-18/h2-8,11,20H,9-10,13-17H2,1H3/t20-,23+/m1/s1. The summed E-state index contributed by atoms with van der Waals surface area (Å²) < 4.78 is 73.7. The minimum atomic E-state index is -4.63. The summed E-state index contributed by atoms with van der Waals surface area (Å²) in [6.45, 7) is 1.87. The molecular formula is C24H26F3N3O3S. The van der Waals surface area contributed by atoms with Gasteiger partial charge in [0.25, 0.3) is 0 Å². The maximum atomic E-state index is 13.5. The number of piperidine rings is 1. The first-order chi connectivity index (χ1) is 16.1. The Kier molecular flexibility index (Phi) is 6.64. The van der Waals surface area contributed by atoms with Crippen molar-refractivity contribution in [2.24, 2.45) is 11.3 Å². The van der Waals surface area contributed by atoms with Gasteiger partial charge < -0.3 is 9.64 Å². The summed E-state index contributed by atoms with van der Waals surface area (Å²) in [5, 5.41) is 9.07. The van der Waals surface area contributed by atoms with Crippen molar-refractivity contribution in [2.75, 3.05) is 44.8 Å². The van der Waals surface area contributed by atoms with Crippen molar-refractivity contribution >= 4 is 15.7 Å². The van der Waals surface area contributed by atoms with Gasteiger partial charge in [-0.2, -0.15) is 18.4 Å². The quantitative estimate of drug-likeness (QED) is 0.611. The first-order valence-corrected chi connectivity index (χ1v) is 12.6. The van der Waals surface area contributed by atoms with E-state index in [-0.39, 0.29) is 18.2 Å². The lowest BCUT2D eigenvalue weighted by Gasteiger charge is -2.44. The summed E-state index contributed by atoms with van der Waals surface area (Å²) in [5.74, 6) is -0.200. The fourth-order valence-electron chi connectivity index (χ4n) is 5.14. The molecule has 0 bridgehead atoms. The van der Waals surface area contributed by atoms with Gasteiger partial charge in [-0.05, 0) is 36.1 Å². The van der Waals surface area contributed by atoms with Gasteiger partial charge >= 0.3 is 6.18 Å². The smallest absolute Gasteiger partial charge is 0.384 e. The zero-order valence-corrected chi connectivity index (χ0v) is 19.6. The van der Waals surface area contributed by atoms with Crippen molar-refractivity contribution < 1.29 is 26.3 Å². The van der Waals surface area contributed by atoms with Crippen LogP contribution in [0.2, 0.25) is 0 Å². The lowest BCUT2D eigenvalue weighted by atomic mass is 9.73. The van der Waals surface area contributed by atoms with Gasteiger partial charge in [-0.1, -0.05) is 30.3 Å². The molecule has 2 aliphatic heterocycles. The zero-order valence-electron chi connectivity index (χ0n) is 18.8. The molecule has 0 spiro atoms. The molecule has 4 rings (SSSR count). The number of hydrogen-bond donors (Lipinski definition) is 0. The number of methoxy groups -OCH3 is 1. The van der Waals surface area contributed by atoms with Gasteiger partial charge in [0.2, 0.25) is 10.0 Å². The van der Waals surface area contributed by atoms with Crippen molar-refractivity contribution in [3.05, 3.63) is 65.2 Å². The third-order valence-corrected chi connectivity index (χ3v) is 8.68. The molecule has 2 aromatic rings. The molecule has 6 nitrogen and oxygen atoms in total. The lowest BCUT2D eigenvalue weighted by Crippen LogP contribution is -2.49. The number of anilines is 1. The molecule has 2 aliphatic rings. The SMILES string of the molecule is COC[C@@]12CCN(c3ccc(C#N)c(C(F)(F)F)c3)C[C@@H]1CN(S(=O)(=O)Cc1ccccc1)C2. The highest BCUT2D eigenvalue weighted by atomic mass is 32.2. The average molecular weight is 494 g/mol. The van der Waals surface area contributed by atoms with Crippen molar-refractivity contribution in [2.45, 2.75) is 18.3 Å². The monoisotopic (exact) mass is 493 g/mol. The predicted octanol–water partition coefficient (Wildman–Crippen LogP) is 3.88. The minimum absolute atomic E-state index is 0.0993. The first-order valence-electron chi connectivity index (χ1n) is 10.9. The molecule has 0 radical (unpaired) electrons. The molecule has 2 saturated heterocycles. The summed E-state index contributed by atoms with van der Waals surface area (Å²) in [4.78, 5) is 1.85. The predicted molar refractivity (Wildman–Crippen MR) is 121 cm³/mol. The Hall–Kier alpha value is -2.61. The van der Waals surface area contributed by atoms with E-state index in [1.165, 1.54) is 16.4 Å². The van der Waals surface area contributed by atoms with Gasteiger partial charge in [0.1, 0.15) is 0 Å². The maximum absolute atomic E-state index is 13.5. The van der Waals surface area contributed by atoms with Gasteiger partial charge in [0, 0.05) is 44.4 Å². The Labute approximate surface area is 197 Å². The van der Waals surface area contributed by atoms with Crippen LogP contribution in [0.1, 0.15) is 23.1 Å². The Morgan fingerprint density at radius 1 is 1.18 bits per heavy atom. The molecule has 0 unspecified atom stereocenters. The summed E-state index contributed by atoms with van der Waals surface area (Å²) in [6.07, 6.45) is -4.05. The number of nitrogens with zero attached hydrogens (tertiary/aromatic N) is 3. The average Bonchev–Trinajstić information content (AvgIpc) is 3.18. The van der Waals surface area contributed by atoms with Crippen LogP contribution in [0, 0.1) is 22.7 Å². The summed E-state index contributed by atoms with van der Waals surface area (Å²) >= 11 is 0. The summed E-state index contributed by atoms with van der Waals surface area (Å²) in [6, 6.07) is 14.3. The van der Waals surface area contributed by atoms with Crippen molar-refractivity contribution in [3.8, 4) is 6.07 Å². The van der Waals surface area contributed by atoms with Crippen molar-refractivity contribution in [1.82, 2.24) is 4.31 Å². The van der Waals surface area contributed by atoms with Gasteiger partial charge in [0.15, 0.2) is 0 Å². The highest BCUT2D eigenvalue weighted by molar-refractivity contribution is 7.88. The van der Waals surface area contributed by atoms with Crippen LogP contribution in [-0.2, 0) is 26.7 Å². The van der Waals surface area contributed by atoms with E-state index in [1.54, 1.807) is 37.4 Å². The Morgan fingerprint density at radius 3 is 2.56 bits per heavy atom. The number of sulfonamides is 1. The summed E-state index contributed by atoms with van der Waals surface area (Å²) in [7, 11) is -1.99. The highest BCUT2D eigenvalue weighted by Gasteiger charge is 2.52. The van der Waals surface area contributed by atoms with Crippen LogP contribution >= 0.6 is 0 Å². The van der Waals surface area contributed by atoms with Crippen LogP contribution in [0.4, 0.5) is 18.9 Å². The third-order valence-electron chi connectivity index (χ3n) is 6.91. The number of nitriles is 1. The van der Waals surface area contributed by atoms with Crippen LogP contribution in [0.15, 0.2) is 48.5 Å². The normalized spacial score (nSPS) is 23.5. The molecule has 2 heterocycles. The second-order valence-corrected chi connectivity index (χ2v) is 11.0. The molecule has 2 aromatic carbocycles.